The largest absolute Gasteiger partial charge is 0.387 e. The molecule has 0 spiro atoms. The highest BCUT2D eigenvalue weighted by molar-refractivity contribution is 5.32. The number of hydrogen-bond donors (Lipinski definition) is 1. The van der Waals surface area contributed by atoms with E-state index in [9.17, 15) is 5.11 Å². The molecule has 0 saturated carbocycles. The molecule has 0 aliphatic carbocycles. The van der Waals surface area contributed by atoms with E-state index in [-0.39, 0.29) is 0 Å². The number of rotatable bonds is 3. The van der Waals surface area contributed by atoms with E-state index in [0.717, 1.165) is 36.6 Å². The van der Waals surface area contributed by atoms with Crippen molar-refractivity contribution < 1.29 is 5.11 Å². The zero-order valence-corrected chi connectivity index (χ0v) is 12.0. The first-order valence-corrected chi connectivity index (χ1v) is 6.98. The van der Waals surface area contributed by atoms with Crippen LogP contribution in [0, 0.1) is 13.8 Å². The molecule has 1 aliphatic heterocycles. The van der Waals surface area contributed by atoms with Crippen LogP contribution in [0.3, 0.4) is 0 Å². The first-order chi connectivity index (χ1) is 9.63. The summed E-state index contributed by atoms with van der Waals surface area (Å²) in [7, 11) is 0. The van der Waals surface area contributed by atoms with Crippen LogP contribution in [0.2, 0.25) is 0 Å². The van der Waals surface area contributed by atoms with Crippen molar-refractivity contribution >= 4 is 0 Å². The van der Waals surface area contributed by atoms with Gasteiger partial charge in [0.05, 0.1) is 12.6 Å². The van der Waals surface area contributed by atoms with Gasteiger partial charge < -0.3 is 9.67 Å². The van der Waals surface area contributed by atoms with Crippen LogP contribution in [0.1, 0.15) is 28.6 Å². The highest BCUT2D eigenvalue weighted by Crippen LogP contribution is 2.21. The highest BCUT2D eigenvalue weighted by atomic mass is 16.3. The number of β-amino-alcohol motifs (C(OH)–C–C–N with tert-alkyl or cyclic N) is 1. The third-order valence-electron chi connectivity index (χ3n) is 3.94. The van der Waals surface area contributed by atoms with Gasteiger partial charge in [0.2, 0.25) is 0 Å². The lowest BCUT2D eigenvalue weighted by Gasteiger charge is -2.29. The first kappa shape index (κ1) is 13.3. The topological polar surface area (TPSA) is 54.2 Å². The van der Waals surface area contributed by atoms with Crippen LogP contribution in [-0.4, -0.2) is 37.9 Å². The molecule has 1 aromatic carbocycles. The predicted molar refractivity (Wildman–Crippen MR) is 76.2 cm³/mol. The van der Waals surface area contributed by atoms with Gasteiger partial charge in [-0.25, -0.2) is 0 Å². The molecule has 1 unspecified atom stereocenters. The van der Waals surface area contributed by atoms with Gasteiger partial charge in [0.25, 0.3) is 0 Å². The molecule has 5 nitrogen and oxygen atoms in total. The van der Waals surface area contributed by atoms with Crippen LogP contribution in [-0.2, 0) is 13.1 Å². The molecule has 1 N–H and O–H groups in total. The molecular formula is C15H20N4O. The van der Waals surface area contributed by atoms with Gasteiger partial charge in [0.1, 0.15) is 12.2 Å². The van der Waals surface area contributed by atoms with Crippen LogP contribution < -0.4 is 0 Å². The summed E-state index contributed by atoms with van der Waals surface area (Å²) >= 11 is 0. The minimum Gasteiger partial charge on any atom is -0.387 e. The number of nitrogens with zero attached hydrogens (tertiary/aromatic N) is 4. The van der Waals surface area contributed by atoms with Gasteiger partial charge in [-0.1, -0.05) is 23.8 Å². The van der Waals surface area contributed by atoms with Crippen molar-refractivity contribution in [2.75, 3.05) is 13.1 Å². The zero-order valence-electron chi connectivity index (χ0n) is 12.0. The quantitative estimate of drug-likeness (QED) is 0.918. The van der Waals surface area contributed by atoms with Crippen LogP contribution >= 0.6 is 0 Å². The molecule has 1 atom stereocenters. The van der Waals surface area contributed by atoms with Crippen molar-refractivity contribution in [3.05, 3.63) is 47.0 Å². The second-order valence-electron chi connectivity index (χ2n) is 5.55. The van der Waals surface area contributed by atoms with E-state index in [4.69, 9.17) is 0 Å². The summed E-state index contributed by atoms with van der Waals surface area (Å²) < 4.78 is 2.07. The standard InChI is InChI=1S/C15H20N4O/c1-11-3-4-12(2)13(7-11)14(20)8-18-5-6-19-10-16-17-15(19)9-18/h3-4,7,10,14,20H,5-6,8-9H2,1-2H3. The number of benzene rings is 1. The molecule has 0 amide bonds. The Labute approximate surface area is 118 Å². The molecule has 20 heavy (non-hydrogen) atoms. The molecule has 0 saturated heterocycles. The Bertz CT molecular complexity index is 608. The van der Waals surface area contributed by atoms with Crippen molar-refractivity contribution in [3.8, 4) is 0 Å². The summed E-state index contributed by atoms with van der Waals surface area (Å²) in [6.07, 6.45) is 1.32. The predicted octanol–water partition coefficient (Wildman–Crippen LogP) is 1.44. The molecular weight excluding hydrogens is 252 g/mol. The Morgan fingerprint density at radius 3 is 3.00 bits per heavy atom. The monoisotopic (exact) mass is 272 g/mol. The SMILES string of the molecule is Cc1ccc(C)c(C(O)CN2CCn3cnnc3C2)c1. The minimum atomic E-state index is -0.454. The number of hydrogen-bond acceptors (Lipinski definition) is 4. The molecule has 1 aromatic heterocycles. The molecule has 0 fully saturated rings. The van der Waals surface area contributed by atoms with Crippen LogP contribution in [0.5, 0.6) is 0 Å². The minimum absolute atomic E-state index is 0.454. The number of aromatic nitrogens is 3. The lowest BCUT2D eigenvalue weighted by Crippen LogP contribution is -2.36. The third-order valence-corrected chi connectivity index (χ3v) is 3.94. The van der Waals surface area contributed by atoms with Crippen molar-refractivity contribution in [1.82, 2.24) is 19.7 Å². The van der Waals surface area contributed by atoms with E-state index in [2.05, 4.69) is 44.8 Å². The van der Waals surface area contributed by atoms with Crippen LogP contribution in [0.25, 0.3) is 0 Å². The first-order valence-electron chi connectivity index (χ1n) is 6.98. The van der Waals surface area contributed by atoms with Gasteiger partial charge in [-0.2, -0.15) is 0 Å². The second kappa shape index (κ2) is 5.34. The number of fused-ring (bicyclic) bond motifs is 1. The maximum atomic E-state index is 10.5. The summed E-state index contributed by atoms with van der Waals surface area (Å²) in [5.74, 6) is 0.976. The summed E-state index contributed by atoms with van der Waals surface area (Å²) in [6, 6.07) is 6.22. The number of aliphatic hydroxyl groups excluding tert-OH is 1. The molecule has 2 aromatic rings. The molecule has 2 heterocycles. The zero-order chi connectivity index (χ0) is 14.1. The molecule has 0 bridgehead atoms. The van der Waals surface area contributed by atoms with Gasteiger partial charge in [-0.05, 0) is 25.0 Å². The molecule has 106 valence electrons. The maximum absolute atomic E-state index is 10.5. The van der Waals surface area contributed by atoms with E-state index < -0.39 is 6.10 Å². The van der Waals surface area contributed by atoms with Gasteiger partial charge >= 0.3 is 0 Å². The average molecular weight is 272 g/mol. The van der Waals surface area contributed by atoms with Gasteiger partial charge in [0.15, 0.2) is 0 Å². The fraction of sp³-hybridized carbons (Fsp3) is 0.467. The van der Waals surface area contributed by atoms with Gasteiger partial charge in [0, 0.05) is 19.6 Å². The summed E-state index contributed by atoms with van der Waals surface area (Å²) in [6.45, 7) is 7.30. The van der Waals surface area contributed by atoms with E-state index in [1.165, 1.54) is 5.56 Å². The lowest BCUT2D eigenvalue weighted by molar-refractivity contribution is 0.0958. The van der Waals surface area contributed by atoms with E-state index in [0.29, 0.717) is 6.54 Å². The van der Waals surface area contributed by atoms with Crippen molar-refractivity contribution in [2.45, 2.75) is 33.0 Å². The summed E-state index contributed by atoms with van der Waals surface area (Å²) in [5, 5.41) is 18.5. The van der Waals surface area contributed by atoms with Crippen LogP contribution in [0.4, 0.5) is 0 Å². The normalized spacial score (nSPS) is 16.9. The maximum Gasteiger partial charge on any atom is 0.147 e. The molecule has 0 radical (unpaired) electrons. The Morgan fingerprint density at radius 2 is 2.15 bits per heavy atom. The Balaban J connectivity index is 1.71. The van der Waals surface area contributed by atoms with E-state index >= 15 is 0 Å². The average Bonchev–Trinajstić information content (AvgIpc) is 2.89. The molecule has 3 rings (SSSR count). The Morgan fingerprint density at radius 1 is 1.30 bits per heavy atom. The third kappa shape index (κ3) is 2.59. The molecule has 1 aliphatic rings. The number of aliphatic hydroxyl groups is 1. The molecule has 5 heteroatoms. The van der Waals surface area contributed by atoms with E-state index in [1.54, 1.807) is 6.33 Å². The lowest BCUT2D eigenvalue weighted by atomic mass is 10.0. The fourth-order valence-electron chi connectivity index (χ4n) is 2.73. The van der Waals surface area contributed by atoms with Crippen LogP contribution in [0.15, 0.2) is 24.5 Å². The van der Waals surface area contributed by atoms with Crippen molar-refractivity contribution in [1.29, 1.82) is 0 Å². The second-order valence-corrected chi connectivity index (χ2v) is 5.55. The number of aryl methyl sites for hydroxylation is 2. The summed E-state index contributed by atoms with van der Waals surface area (Å²) in [4.78, 5) is 2.23. The van der Waals surface area contributed by atoms with Crippen molar-refractivity contribution in [3.63, 3.8) is 0 Å². The van der Waals surface area contributed by atoms with Crippen molar-refractivity contribution in [2.24, 2.45) is 0 Å². The van der Waals surface area contributed by atoms with Gasteiger partial charge in [-0.3, -0.25) is 4.90 Å². The Kier molecular flexibility index (Phi) is 3.54. The van der Waals surface area contributed by atoms with Gasteiger partial charge in [-0.15, -0.1) is 10.2 Å². The summed E-state index contributed by atoms with van der Waals surface area (Å²) in [5.41, 5.74) is 3.35. The Hall–Kier alpha value is -1.72. The van der Waals surface area contributed by atoms with E-state index in [1.807, 2.05) is 6.92 Å². The fourth-order valence-corrected chi connectivity index (χ4v) is 2.73. The smallest absolute Gasteiger partial charge is 0.147 e. The highest BCUT2D eigenvalue weighted by Gasteiger charge is 2.21.